The Labute approximate surface area is 201 Å². The van der Waals surface area contributed by atoms with Crippen molar-refractivity contribution in [1.29, 1.82) is 0 Å². The molecule has 2 heterocycles. The lowest BCUT2D eigenvalue weighted by molar-refractivity contribution is 0.272. The first-order chi connectivity index (χ1) is 15.7. The molecule has 0 saturated heterocycles. The van der Waals surface area contributed by atoms with E-state index in [1.54, 1.807) is 0 Å². The number of alkyl halides is 1. The third-order valence-corrected chi connectivity index (χ3v) is 11.4. The molecule has 33 heavy (non-hydrogen) atoms. The highest BCUT2D eigenvalue weighted by Crippen LogP contribution is 2.36. The predicted molar refractivity (Wildman–Crippen MR) is 139 cm³/mol. The molecule has 2 aromatic heterocycles. The molecule has 0 bridgehead atoms. The summed E-state index contributed by atoms with van der Waals surface area (Å²) in [5.74, 6) is 1.97. The molecule has 0 N–H and O–H groups in total. The van der Waals surface area contributed by atoms with Crippen LogP contribution in [0.3, 0.4) is 0 Å². The fraction of sp³-hybridized carbons (Fsp3) is 0.385. The Balaban J connectivity index is 1.61. The molecule has 5 nitrogen and oxygen atoms in total. The average Bonchev–Trinajstić information content (AvgIpc) is 3.15. The van der Waals surface area contributed by atoms with Gasteiger partial charge < -0.3 is 13.7 Å². The SMILES string of the molecule is CC(C)(C)[Si](C)(C)OCCn1c(CCl)nc2cnc3cc(OCc4ccccc4)ccc3c21. The number of ether oxygens (including phenoxy) is 1. The van der Waals surface area contributed by atoms with Gasteiger partial charge >= 0.3 is 0 Å². The van der Waals surface area contributed by atoms with Crippen LogP contribution >= 0.6 is 11.6 Å². The molecule has 174 valence electrons. The van der Waals surface area contributed by atoms with Gasteiger partial charge in [0.2, 0.25) is 0 Å². The lowest BCUT2D eigenvalue weighted by Crippen LogP contribution is -2.41. The minimum absolute atomic E-state index is 0.173. The maximum Gasteiger partial charge on any atom is 0.192 e. The van der Waals surface area contributed by atoms with E-state index >= 15 is 0 Å². The van der Waals surface area contributed by atoms with Crippen molar-refractivity contribution in [3.05, 3.63) is 66.1 Å². The second-order valence-electron chi connectivity index (χ2n) is 9.87. The summed E-state index contributed by atoms with van der Waals surface area (Å²) in [7, 11) is -1.83. The van der Waals surface area contributed by atoms with Crippen LogP contribution in [-0.2, 0) is 23.5 Å². The fourth-order valence-corrected chi connectivity index (χ4v) is 4.86. The van der Waals surface area contributed by atoms with Gasteiger partial charge in [-0.3, -0.25) is 4.98 Å². The van der Waals surface area contributed by atoms with Crippen LogP contribution in [0.4, 0.5) is 0 Å². The highest BCUT2D eigenvalue weighted by molar-refractivity contribution is 6.74. The van der Waals surface area contributed by atoms with E-state index < -0.39 is 8.32 Å². The van der Waals surface area contributed by atoms with Gasteiger partial charge in [-0.15, -0.1) is 11.6 Å². The largest absolute Gasteiger partial charge is 0.489 e. The zero-order valence-corrected chi connectivity index (χ0v) is 21.8. The molecule has 2 aromatic carbocycles. The molecule has 0 saturated carbocycles. The number of rotatable bonds is 8. The van der Waals surface area contributed by atoms with E-state index in [0.717, 1.165) is 39.1 Å². The molecule has 0 aliphatic rings. The van der Waals surface area contributed by atoms with Crippen molar-refractivity contribution in [3.63, 3.8) is 0 Å². The minimum Gasteiger partial charge on any atom is -0.489 e. The fourth-order valence-electron chi connectivity index (χ4n) is 3.62. The zero-order valence-electron chi connectivity index (χ0n) is 20.1. The van der Waals surface area contributed by atoms with Crippen LogP contribution < -0.4 is 4.74 Å². The number of nitrogens with zero attached hydrogens (tertiary/aromatic N) is 3. The standard InChI is InChI=1S/C26H32ClN3O2Si/c1-26(2,3)33(4,5)32-14-13-30-24(16-27)29-23-17-28-22-15-20(11-12-21(22)25(23)30)31-18-19-9-7-6-8-10-19/h6-12,15,17H,13-14,16,18H2,1-5H3. The van der Waals surface area contributed by atoms with Gasteiger partial charge in [0, 0.05) is 18.0 Å². The highest BCUT2D eigenvalue weighted by Gasteiger charge is 2.37. The third-order valence-electron chi connectivity index (χ3n) is 6.58. The number of hydrogen-bond acceptors (Lipinski definition) is 4. The van der Waals surface area contributed by atoms with Crippen LogP contribution in [-0.4, -0.2) is 29.5 Å². The summed E-state index contributed by atoms with van der Waals surface area (Å²) < 4.78 is 14.6. The molecule has 0 radical (unpaired) electrons. The molecule has 0 spiro atoms. The summed E-state index contributed by atoms with van der Waals surface area (Å²) in [6, 6.07) is 16.2. The summed E-state index contributed by atoms with van der Waals surface area (Å²) in [6.45, 7) is 13.2. The van der Waals surface area contributed by atoms with E-state index in [0.29, 0.717) is 25.6 Å². The topological polar surface area (TPSA) is 49.2 Å². The normalized spacial score (nSPS) is 12.5. The van der Waals surface area contributed by atoms with Gasteiger partial charge in [-0.2, -0.15) is 0 Å². The second kappa shape index (κ2) is 9.45. The van der Waals surface area contributed by atoms with E-state index in [9.17, 15) is 0 Å². The smallest absolute Gasteiger partial charge is 0.192 e. The van der Waals surface area contributed by atoms with E-state index in [-0.39, 0.29) is 5.04 Å². The lowest BCUT2D eigenvalue weighted by Gasteiger charge is -2.36. The summed E-state index contributed by atoms with van der Waals surface area (Å²) in [5.41, 5.74) is 3.90. The van der Waals surface area contributed by atoms with Gasteiger partial charge in [-0.1, -0.05) is 51.1 Å². The molecule has 0 aliphatic carbocycles. The van der Waals surface area contributed by atoms with Gasteiger partial charge in [-0.25, -0.2) is 4.98 Å². The molecule has 0 unspecified atom stereocenters. The van der Waals surface area contributed by atoms with Gasteiger partial charge in [0.05, 0.1) is 29.7 Å². The molecule has 0 amide bonds. The van der Waals surface area contributed by atoms with Crippen molar-refractivity contribution in [3.8, 4) is 5.75 Å². The van der Waals surface area contributed by atoms with Crippen LogP contribution in [0.1, 0.15) is 32.2 Å². The summed E-state index contributed by atoms with van der Waals surface area (Å²) in [4.78, 5) is 9.38. The first-order valence-corrected chi connectivity index (χ1v) is 14.8. The van der Waals surface area contributed by atoms with E-state index in [1.165, 1.54) is 0 Å². The van der Waals surface area contributed by atoms with E-state index in [4.69, 9.17) is 25.7 Å². The molecule has 0 fully saturated rings. The number of aromatic nitrogens is 3. The third kappa shape index (κ3) is 5.08. The number of hydrogen-bond donors (Lipinski definition) is 0. The maximum atomic E-state index is 6.43. The Morgan fingerprint density at radius 1 is 1.03 bits per heavy atom. The molecule has 4 rings (SSSR count). The average molecular weight is 482 g/mol. The summed E-state index contributed by atoms with van der Waals surface area (Å²) in [6.07, 6.45) is 1.82. The number of fused-ring (bicyclic) bond motifs is 3. The minimum atomic E-state index is -1.83. The number of imidazole rings is 1. The van der Waals surface area contributed by atoms with Gasteiger partial charge in [0.15, 0.2) is 8.32 Å². The lowest BCUT2D eigenvalue weighted by atomic mass is 10.2. The van der Waals surface area contributed by atoms with Crippen molar-refractivity contribution in [2.75, 3.05) is 6.61 Å². The molecule has 7 heteroatoms. The van der Waals surface area contributed by atoms with Gasteiger partial charge in [-0.05, 0) is 35.8 Å². The van der Waals surface area contributed by atoms with Crippen molar-refractivity contribution in [1.82, 2.24) is 14.5 Å². The number of halogens is 1. The second-order valence-corrected chi connectivity index (χ2v) is 14.9. The van der Waals surface area contributed by atoms with E-state index in [2.05, 4.69) is 61.6 Å². The summed E-state index contributed by atoms with van der Waals surface area (Å²) >= 11 is 6.26. The van der Waals surface area contributed by atoms with Crippen molar-refractivity contribution < 1.29 is 9.16 Å². The highest BCUT2D eigenvalue weighted by atomic mass is 35.5. The molecular formula is C26H32ClN3O2Si. The first kappa shape index (κ1) is 23.7. The Morgan fingerprint density at radius 2 is 1.79 bits per heavy atom. The van der Waals surface area contributed by atoms with Crippen LogP contribution in [0.2, 0.25) is 18.1 Å². The van der Waals surface area contributed by atoms with Gasteiger partial charge in [0.25, 0.3) is 0 Å². The predicted octanol–water partition coefficient (Wildman–Crippen LogP) is 6.92. The van der Waals surface area contributed by atoms with Crippen LogP contribution in [0.15, 0.2) is 54.7 Å². The Hall–Kier alpha value is -2.41. The molecule has 0 atom stereocenters. The summed E-state index contributed by atoms with van der Waals surface area (Å²) in [5, 5.41) is 1.21. The van der Waals surface area contributed by atoms with Crippen molar-refractivity contribution in [2.24, 2.45) is 0 Å². The van der Waals surface area contributed by atoms with Gasteiger partial charge in [0.1, 0.15) is 23.7 Å². The first-order valence-electron chi connectivity index (χ1n) is 11.3. The maximum absolute atomic E-state index is 6.43. The molecule has 0 aliphatic heterocycles. The monoisotopic (exact) mass is 481 g/mol. The van der Waals surface area contributed by atoms with Crippen LogP contribution in [0.5, 0.6) is 5.75 Å². The Morgan fingerprint density at radius 3 is 2.48 bits per heavy atom. The number of benzene rings is 2. The Kier molecular flexibility index (Phi) is 6.80. The number of pyridine rings is 1. The van der Waals surface area contributed by atoms with Crippen LogP contribution in [0.25, 0.3) is 21.9 Å². The quantitative estimate of drug-likeness (QED) is 0.202. The molecule has 4 aromatic rings. The van der Waals surface area contributed by atoms with Crippen LogP contribution in [0, 0.1) is 0 Å². The van der Waals surface area contributed by atoms with Crippen molar-refractivity contribution >= 4 is 41.9 Å². The molecular weight excluding hydrogens is 450 g/mol. The zero-order chi connectivity index (χ0) is 23.6. The van der Waals surface area contributed by atoms with E-state index in [1.807, 2.05) is 36.5 Å². The Bertz CT molecular complexity index is 1250. The van der Waals surface area contributed by atoms with Crippen molar-refractivity contribution in [2.45, 2.75) is 57.9 Å².